The van der Waals surface area contributed by atoms with E-state index >= 15 is 0 Å². The summed E-state index contributed by atoms with van der Waals surface area (Å²) in [5.41, 5.74) is 3.03. The van der Waals surface area contributed by atoms with Crippen molar-refractivity contribution in [2.45, 2.75) is 46.1 Å². The van der Waals surface area contributed by atoms with E-state index in [1.807, 2.05) is 38.1 Å². The molecule has 1 aromatic carbocycles. The molecule has 2 aromatic rings. The van der Waals surface area contributed by atoms with Crippen molar-refractivity contribution in [1.82, 2.24) is 15.1 Å². The van der Waals surface area contributed by atoms with Gasteiger partial charge in [0.05, 0.1) is 23.1 Å². The van der Waals surface area contributed by atoms with Gasteiger partial charge in [-0.15, -0.1) is 0 Å². The van der Waals surface area contributed by atoms with Crippen LogP contribution < -0.4 is 5.32 Å². The first-order valence-corrected chi connectivity index (χ1v) is 8.09. The van der Waals surface area contributed by atoms with E-state index in [0.29, 0.717) is 17.7 Å². The number of nitrogens with one attached hydrogen (secondary N) is 1. The molecule has 1 unspecified atom stereocenters. The molecule has 1 aromatic heterocycles. The summed E-state index contributed by atoms with van der Waals surface area (Å²) in [6.07, 6.45) is 3.52. The van der Waals surface area contributed by atoms with Crippen molar-refractivity contribution in [2.24, 2.45) is 0 Å². The van der Waals surface area contributed by atoms with Gasteiger partial charge in [-0.1, -0.05) is 31.9 Å². The highest BCUT2D eigenvalue weighted by Crippen LogP contribution is 2.16. The summed E-state index contributed by atoms with van der Waals surface area (Å²) in [5.74, 6) is -1.42. The van der Waals surface area contributed by atoms with Crippen molar-refractivity contribution in [3.63, 3.8) is 0 Å². The number of carboxylic acid groups (broad SMARTS) is 1. The highest BCUT2D eigenvalue weighted by Gasteiger charge is 2.22. The molecule has 0 fully saturated rings. The zero-order valence-electron chi connectivity index (χ0n) is 14.2. The molecule has 2 rings (SSSR count). The molecule has 24 heavy (non-hydrogen) atoms. The van der Waals surface area contributed by atoms with Crippen molar-refractivity contribution in [3.05, 3.63) is 47.3 Å². The van der Waals surface area contributed by atoms with Crippen LogP contribution in [0.3, 0.4) is 0 Å². The van der Waals surface area contributed by atoms with Crippen molar-refractivity contribution >= 4 is 11.9 Å². The number of amides is 1. The lowest BCUT2D eigenvalue weighted by Crippen LogP contribution is -2.40. The molecule has 2 N–H and O–H groups in total. The summed E-state index contributed by atoms with van der Waals surface area (Å²) in [6, 6.07) is 6.93. The summed E-state index contributed by atoms with van der Waals surface area (Å²) < 4.78 is 1.68. The van der Waals surface area contributed by atoms with Crippen molar-refractivity contribution < 1.29 is 14.7 Å². The number of rotatable bonds is 7. The van der Waals surface area contributed by atoms with Crippen LogP contribution in [0, 0.1) is 13.8 Å². The van der Waals surface area contributed by atoms with Crippen LogP contribution >= 0.6 is 0 Å². The minimum atomic E-state index is -1.01. The maximum atomic E-state index is 12.4. The molecule has 1 amide bonds. The topological polar surface area (TPSA) is 84.2 Å². The Labute approximate surface area is 141 Å². The quantitative estimate of drug-likeness (QED) is 0.818. The first kappa shape index (κ1) is 17.7. The number of carboxylic acids is 1. The molecule has 0 aliphatic rings. The summed E-state index contributed by atoms with van der Waals surface area (Å²) in [4.78, 5) is 23.7. The Hall–Kier alpha value is -2.63. The third-order valence-electron chi connectivity index (χ3n) is 3.95. The number of hydrogen-bond acceptors (Lipinski definition) is 3. The van der Waals surface area contributed by atoms with Gasteiger partial charge in [-0.05, 0) is 38.0 Å². The van der Waals surface area contributed by atoms with Crippen LogP contribution in [0.25, 0.3) is 5.69 Å². The fourth-order valence-corrected chi connectivity index (χ4v) is 2.55. The van der Waals surface area contributed by atoms with Gasteiger partial charge in [0.1, 0.15) is 6.04 Å². The fraction of sp³-hybridized carbons (Fsp3) is 0.389. The molecule has 0 saturated carbocycles. The molecular formula is C18H23N3O3. The van der Waals surface area contributed by atoms with Crippen molar-refractivity contribution in [3.8, 4) is 5.69 Å². The SMILES string of the molecule is CCCCC(NC(=O)c1cnn(-c2cccc(C)c2)c1C)C(=O)O. The minimum absolute atomic E-state index is 0.388. The summed E-state index contributed by atoms with van der Waals surface area (Å²) in [6.45, 7) is 5.77. The Balaban J connectivity index is 2.20. The Morgan fingerprint density at radius 2 is 2.08 bits per heavy atom. The number of aromatic nitrogens is 2. The van der Waals surface area contributed by atoms with E-state index < -0.39 is 17.9 Å². The predicted octanol–water partition coefficient (Wildman–Crippen LogP) is 2.86. The Kier molecular flexibility index (Phi) is 5.73. The zero-order valence-corrected chi connectivity index (χ0v) is 14.2. The van der Waals surface area contributed by atoms with Crippen molar-refractivity contribution in [1.29, 1.82) is 0 Å². The molecule has 128 valence electrons. The maximum absolute atomic E-state index is 12.4. The lowest BCUT2D eigenvalue weighted by molar-refractivity contribution is -0.139. The molecular weight excluding hydrogens is 306 g/mol. The molecule has 0 saturated heterocycles. The summed E-state index contributed by atoms with van der Waals surface area (Å²) in [5, 5.41) is 16.1. The van der Waals surface area contributed by atoms with Gasteiger partial charge >= 0.3 is 5.97 Å². The normalized spacial score (nSPS) is 12.0. The molecule has 0 aliphatic carbocycles. The van der Waals surface area contributed by atoms with E-state index in [0.717, 1.165) is 24.1 Å². The van der Waals surface area contributed by atoms with Gasteiger partial charge in [-0.2, -0.15) is 5.10 Å². The molecule has 0 spiro atoms. The number of hydrogen-bond donors (Lipinski definition) is 2. The van der Waals surface area contributed by atoms with Crippen molar-refractivity contribution in [2.75, 3.05) is 0 Å². The maximum Gasteiger partial charge on any atom is 0.326 e. The Morgan fingerprint density at radius 1 is 1.33 bits per heavy atom. The van der Waals surface area contributed by atoms with E-state index in [4.69, 9.17) is 0 Å². The number of nitrogens with zero attached hydrogens (tertiary/aromatic N) is 2. The second-order valence-electron chi connectivity index (χ2n) is 5.90. The van der Waals surface area contributed by atoms with Gasteiger partial charge in [-0.3, -0.25) is 4.79 Å². The van der Waals surface area contributed by atoms with Gasteiger partial charge in [-0.25, -0.2) is 9.48 Å². The number of unbranched alkanes of at least 4 members (excludes halogenated alkanes) is 1. The van der Waals surface area contributed by atoms with E-state index in [1.165, 1.54) is 6.20 Å². The van der Waals surface area contributed by atoms with Gasteiger partial charge in [0, 0.05) is 0 Å². The second-order valence-corrected chi connectivity index (χ2v) is 5.90. The van der Waals surface area contributed by atoms with Gasteiger partial charge in [0.2, 0.25) is 0 Å². The first-order chi connectivity index (χ1) is 11.4. The van der Waals surface area contributed by atoms with E-state index in [2.05, 4.69) is 10.4 Å². The third kappa shape index (κ3) is 4.01. The third-order valence-corrected chi connectivity index (χ3v) is 3.95. The monoisotopic (exact) mass is 329 g/mol. The van der Waals surface area contributed by atoms with E-state index in [9.17, 15) is 14.7 Å². The van der Waals surface area contributed by atoms with Crippen LogP contribution in [0.5, 0.6) is 0 Å². The Bertz CT molecular complexity index is 737. The van der Waals surface area contributed by atoms with Gasteiger partial charge in [0.25, 0.3) is 5.91 Å². The second kappa shape index (κ2) is 7.77. The largest absolute Gasteiger partial charge is 0.480 e. The molecule has 0 radical (unpaired) electrons. The predicted molar refractivity (Wildman–Crippen MR) is 91.5 cm³/mol. The number of aryl methyl sites for hydroxylation is 1. The molecule has 1 atom stereocenters. The van der Waals surface area contributed by atoms with Gasteiger partial charge in [0.15, 0.2) is 0 Å². The van der Waals surface area contributed by atoms with Crippen LogP contribution in [-0.2, 0) is 4.79 Å². The van der Waals surface area contributed by atoms with Crippen LogP contribution in [0.4, 0.5) is 0 Å². The number of carbonyl (C=O) groups is 2. The smallest absolute Gasteiger partial charge is 0.326 e. The summed E-state index contributed by atoms with van der Waals surface area (Å²) >= 11 is 0. The number of carbonyl (C=O) groups excluding carboxylic acids is 1. The minimum Gasteiger partial charge on any atom is -0.480 e. The average molecular weight is 329 g/mol. The van der Waals surface area contributed by atoms with E-state index in [1.54, 1.807) is 11.6 Å². The average Bonchev–Trinajstić information content (AvgIpc) is 2.92. The van der Waals surface area contributed by atoms with E-state index in [-0.39, 0.29) is 0 Å². The van der Waals surface area contributed by atoms with Crippen LogP contribution in [0.15, 0.2) is 30.5 Å². The zero-order chi connectivity index (χ0) is 17.7. The Morgan fingerprint density at radius 3 is 2.71 bits per heavy atom. The van der Waals surface area contributed by atoms with Crippen LogP contribution in [0.1, 0.15) is 47.8 Å². The highest BCUT2D eigenvalue weighted by molar-refractivity contribution is 5.97. The first-order valence-electron chi connectivity index (χ1n) is 8.09. The molecule has 6 heteroatoms. The van der Waals surface area contributed by atoms with Gasteiger partial charge < -0.3 is 10.4 Å². The molecule has 6 nitrogen and oxygen atoms in total. The lowest BCUT2D eigenvalue weighted by Gasteiger charge is -2.14. The van der Waals surface area contributed by atoms with Crippen LogP contribution in [0.2, 0.25) is 0 Å². The number of aliphatic carboxylic acids is 1. The van der Waals surface area contributed by atoms with Crippen LogP contribution in [-0.4, -0.2) is 32.8 Å². The molecule has 1 heterocycles. The fourth-order valence-electron chi connectivity index (χ4n) is 2.55. The standard InChI is InChI=1S/C18H23N3O3/c1-4-5-9-16(18(23)24)20-17(22)15-11-19-21(13(15)3)14-8-6-7-12(2)10-14/h6-8,10-11,16H,4-5,9H2,1-3H3,(H,20,22)(H,23,24). The summed E-state index contributed by atoms with van der Waals surface area (Å²) in [7, 11) is 0. The molecule has 0 bridgehead atoms. The highest BCUT2D eigenvalue weighted by atomic mass is 16.4. The number of benzene rings is 1. The molecule has 0 aliphatic heterocycles. The lowest BCUT2D eigenvalue weighted by atomic mass is 10.1.